The van der Waals surface area contributed by atoms with E-state index in [-0.39, 0.29) is 90.0 Å². The zero-order valence-corrected chi connectivity index (χ0v) is 3.67. The Bertz CT molecular complexity index is 6.00. The van der Waals surface area contributed by atoms with E-state index in [0.717, 1.165) is 0 Å². The third-order valence-corrected chi connectivity index (χ3v) is 0. The number of rotatable bonds is 0. The van der Waals surface area contributed by atoms with Gasteiger partial charge in [-0.25, -0.2) is 0 Å². The second-order valence-electron chi connectivity index (χ2n) is 0. The van der Waals surface area contributed by atoms with Crippen LogP contribution >= 0.6 is 37.2 Å². The Hall–Kier alpha value is 2.50. The topological polar surface area (TPSA) is 0 Å². The summed E-state index contributed by atoms with van der Waals surface area (Å²) in [6.45, 7) is 0. The number of halogens is 3. The van der Waals surface area contributed by atoms with Gasteiger partial charge in [0.25, 0.3) is 0 Å². The molecule has 0 atom stereocenters. The molecule has 0 saturated heterocycles. The van der Waals surface area contributed by atoms with Crippen molar-refractivity contribution in [1.29, 1.82) is 0 Å². The van der Waals surface area contributed by atoms with Crippen LogP contribution in [0.25, 0.3) is 0 Å². The first-order valence-corrected chi connectivity index (χ1v) is 0. The molecule has 0 heterocycles. The normalized spacial score (nSPS) is 0. The molecule has 0 unspecified atom stereocenters. The van der Waals surface area contributed by atoms with Crippen molar-refractivity contribution >= 4 is 90.0 Å². The second kappa shape index (κ2) is 50.7. The number of hydrogen-bond acceptors (Lipinski definition) is 0. The Labute approximate surface area is 89.1 Å². The van der Waals surface area contributed by atoms with E-state index in [2.05, 4.69) is 0 Å². The van der Waals surface area contributed by atoms with Crippen molar-refractivity contribution in [2.45, 2.75) is 0 Å². The fourth-order valence-corrected chi connectivity index (χ4v) is 0. The van der Waals surface area contributed by atoms with Crippen LogP contribution in [0.4, 0.5) is 0 Å². The van der Waals surface area contributed by atoms with Crippen LogP contribution in [-0.4, -0.2) is 52.8 Å². The molecule has 0 aliphatic heterocycles. The van der Waals surface area contributed by atoms with Gasteiger partial charge in [0, 0.05) is 0 Å². The van der Waals surface area contributed by atoms with E-state index < -0.39 is 0 Å². The van der Waals surface area contributed by atoms with E-state index in [9.17, 15) is 0 Å². The van der Waals surface area contributed by atoms with Gasteiger partial charge >= 0.3 is 52.8 Å². The molecular formula is H15Cl3Ge3. The van der Waals surface area contributed by atoms with E-state index in [1.165, 1.54) is 0 Å². The van der Waals surface area contributed by atoms with Crippen LogP contribution < -0.4 is 0 Å². The quantitative estimate of drug-likeness (QED) is 0.411. The van der Waals surface area contributed by atoms with Gasteiger partial charge in [-0.15, -0.1) is 37.2 Å². The van der Waals surface area contributed by atoms with Crippen molar-refractivity contribution in [3.8, 4) is 0 Å². The third kappa shape index (κ3) is 31.5. The van der Waals surface area contributed by atoms with Crippen LogP contribution in [0.3, 0.4) is 0 Å². The molecule has 0 saturated carbocycles. The molecule has 0 radical (unpaired) electrons. The predicted octanol–water partition coefficient (Wildman–Crippen LogP) is -3.09. The van der Waals surface area contributed by atoms with Crippen LogP contribution in [0.15, 0.2) is 0 Å². The Balaban J connectivity index is 0. The molecule has 0 rings (SSSR count). The summed E-state index contributed by atoms with van der Waals surface area (Å²) in [6.07, 6.45) is 0. The molecule has 0 N–H and O–H groups in total. The number of hydrogen-bond donors (Lipinski definition) is 0. The molecule has 0 amide bonds. The maximum absolute atomic E-state index is 0. The van der Waals surface area contributed by atoms with E-state index in [4.69, 9.17) is 0 Å². The maximum atomic E-state index is 0. The van der Waals surface area contributed by atoms with Gasteiger partial charge in [0.2, 0.25) is 0 Å². The zero-order chi connectivity index (χ0) is 0. The van der Waals surface area contributed by atoms with Gasteiger partial charge in [-0.1, -0.05) is 0 Å². The van der Waals surface area contributed by atoms with Crippen molar-refractivity contribution in [3.63, 3.8) is 0 Å². The van der Waals surface area contributed by atoms with E-state index in [1.807, 2.05) is 0 Å². The van der Waals surface area contributed by atoms with Crippen LogP contribution in [0.5, 0.6) is 0 Å². The summed E-state index contributed by atoms with van der Waals surface area (Å²) >= 11 is 0. The Kier molecular flexibility index (Phi) is 647. The van der Waals surface area contributed by atoms with E-state index in [0.29, 0.717) is 0 Å². The minimum absolute atomic E-state index is 0. The van der Waals surface area contributed by atoms with Crippen molar-refractivity contribution < 1.29 is 0 Å². The first-order valence-electron chi connectivity index (χ1n) is 0. The van der Waals surface area contributed by atoms with Gasteiger partial charge in [-0.2, -0.15) is 0 Å². The molecule has 48 valence electrons. The summed E-state index contributed by atoms with van der Waals surface area (Å²) in [5, 5.41) is 0. The van der Waals surface area contributed by atoms with Crippen LogP contribution in [0.1, 0.15) is 0 Å². The van der Waals surface area contributed by atoms with Crippen molar-refractivity contribution in [1.82, 2.24) is 0 Å². The molecule has 0 fully saturated rings. The minimum atomic E-state index is 0. The monoisotopic (exact) mass is 342 g/mol. The molecule has 6 heavy (non-hydrogen) atoms. The van der Waals surface area contributed by atoms with Gasteiger partial charge in [0.1, 0.15) is 0 Å². The molecule has 6 heteroatoms. The van der Waals surface area contributed by atoms with Crippen LogP contribution in [-0.2, 0) is 0 Å². The Morgan fingerprint density at radius 1 is 0.333 bits per heavy atom. The zero-order valence-electron chi connectivity index (χ0n) is 1.22. The van der Waals surface area contributed by atoms with Crippen LogP contribution in [0, 0.1) is 0 Å². The standard InChI is InChI=1S/3ClH.3GeH4/h3*1H;3*1H4. The predicted molar refractivity (Wildman–Crippen MR) is 55.7 cm³/mol. The molecule has 0 bridgehead atoms. The van der Waals surface area contributed by atoms with Gasteiger partial charge < -0.3 is 0 Å². The summed E-state index contributed by atoms with van der Waals surface area (Å²) in [5.41, 5.74) is 0. The second-order valence-corrected chi connectivity index (χ2v) is 0. The molecule has 0 nitrogen and oxygen atoms in total. The third-order valence-electron chi connectivity index (χ3n) is 0. The molecule has 0 aliphatic carbocycles. The summed E-state index contributed by atoms with van der Waals surface area (Å²) in [4.78, 5) is 0. The van der Waals surface area contributed by atoms with Crippen molar-refractivity contribution in [2.24, 2.45) is 0 Å². The average molecular weight is 339 g/mol. The van der Waals surface area contributed by atoms with E-state index >= 15 is 0 Å². The summed E-state index contributed by atoms with van der Waals surface area (Å²) in [7, 11) is 0. The molecule has 0 spiro atoms. The van der Waals surface area contributed by atoms with Crippen molar-refractivity contribution in [3.05, 3.63) is 0 Å². The van der Waals surface area contributed by atoms with Gasteiger partial charge in [-0.3, -0.25) is 0 Å². The Morgan fingerprint density at radius 3 is 0.333 bits per heavy atom. The van der Waals surface area contributed by atoms with Crippen molar-refractivity contribution in [2.75, 3.05) is 0 Å². The van der Waals surface area contributed by atoms with Crippen LogP contribution in [0.2, 0.25) is 0 Å². The first kappa shape index (κ1) is 76.5. The Morgan fingerprint density at radius 2 is 0.333 bits per heavy atom. The first-order chi connectivity index (χ1) is 0. The fourth-order valence-electron chi connectivity index (χ4n) is 0. The SMILES string of the molecule is Cl.Cl.Cl.[GeH4].[GeH4].[GeH4]. The van der Waals surface area contributed by atoms with Gasteiger partial charge in [0.05, 0.1) is 0 Å². The van der Waals surface area contributed by atoms with E-state index in [1.54, 1.807) is 0 Å². The fraction of sp³-hybridized carbons (Fsp3) is 0. The van der Waals surface area contributed by atoms with Gasteiger partial charge in [0.15, 0.2) is 0 Å². The average Bonchev–Trinajstić information content (AvgIpc) is 0. The summed E-state index contributed by atoms with van der Waals surface area (Å²) in [5.74, 6) is 0. The molecule has 0 aromatic carbocycles. The molecule has 0 aliphatic rings. The molecule has 0 aromatic rings. The summed E-state index contributed by atoms with van der Waals surface area (Å²) in [6, 6.07) is 0. The van der Waals surface area contributed by atoms with Gasteiger partial charge in [-0.05, 0) is 0 Å². The summed E-state index contributed by atoms with van der Waals surface area (Å²) < 4.78 is 0. The molecule has 0 aromatic heterocycles. The molecular weight excluding hydrogens is 324 g/mol.